The van der Waals surface area contributed by atoms with Crippen LogP contribution in [0.5, 0.6) is 0 Å². The quantitative estimate of drug-likeness (QED) is 0.428. The molecule has 1 rings (SSSR count). The standard InChI is InChI=1S/C14H19F4N3O/c1-2-19-13(20-6-5-14(16,17)18)21-8-10-3-4-12(15)11(7-10)9-22/h3-4,7,22H,2,5-6,8-9H2,1H3,(H2,19,20,21). The summed E-state index contributed by atoms with van der Waals surface area (Å²) in [5.74, 6) is -0.257. The lowest BCUT2D eigenvalue weighted by Crippen LogP contribution is -2.38. The van der Waals surface area contributed by atoms with Gasteiger partial charge in [-0.1, -0.05) is 6.07 Å². The van der Waals surface area contributed by atoms with E-state index < -0.39 is 25.0 Å². The molecule has 1 aromatic carbocycles. The lowest BCUT2D eigenvalue weighted by molar-refractivity contribution is -0.132. The van der Waals surface area contributed by atoms with Crippen LogP contribution in [0.3, 0.4) is 0 Å². The van der Waals surface area contributed by atoms with Gasteiger partial charge < -0.3 is 15.7 Å². The number of rotatable bonds is 6. The smallest absolute Gasteiger partial charge is 0.390 e. The Balaban J connectivity index is 2.65. The summed E-state index contributed by atoms with van der Waals surface area (Å²) in [6.45, 7) is 1.76. The molecule has 124 valence electrons. The van der Waals surface area contributed by atoms with E-state index in [0.29, 0.717) is 12.1 Å². The van der Waals surface area contributed by atoms with Crippen molar-refractivity contribution in [3.8, 4) is 0 Å². The third kappa shape index (κ3) is 6.75. The molecule has 1 aromatic rings. The van der Waals surface area contributed by atoms with Crippen LogP contribution in [0.4, 0.5) is 17.6 Å². The summed E-state index contributed by atoms with van der Waals surface area (Å²) in [6.07, 6.45) is -5.18. The van der Waals surface area contributed by atoms with E-state index in [1.54, 1.807) is 6.92 Å². The van der Waals surface area contributed by atoms with Crippen molar-refractivity contribution in [3.63, 3.8) is 0 Å². The first-order valence-electron chi connectivity index (χ1n) is 6.82. The van der Waals surface area contributed by atoms with Gasteiger partial charge in [0.2, 0.25) is 0 Å². The Morgan fingerprint density at radius 2 is 2.00 bits per heavy atom. The first-order chi connectivity index (χ1) is 10.4. The van der Waals surface area contributed by atoms with E-state index in [0.717, 1.165) is 0 Å². The van der Waals surface area contributed by atoms with E-state index in [1.165, 1.54) is 18.2 Å². The van der Waals surface area contributed by atoms with Crippen LogP contribution in [0, 0.1) is 5.82 Å². The minimum absolute atomic E-state index is 0.155. The van der Waals surface area contributed by atoms with Crippen molar-refractivity contribution in [1.29, 1.82) is 0 Å². The summed E-state index contributed by atoms with van der Waals surface area (Å²) >= 11 is 0. The van der Waals surface area contributed by atoms with E-state index in [9.17, 15) is 17.6 Å². The van der Waals surface area contributed by atoms with Crippen LogP contribution in [0.1, 0.15) is 24.5 Å². The zero-order valence-electron chi connectivity index (χ0n) is 12.2. The van der Waals surface area contributed by atoms with Crippen molar-refractivity contribution in [2.45, 2.75) is 32.7 Å². The average Bonchev–Trinajstić information content (AvgIpc) is 2.44. The number of guanidine groups is 1. The molecule has 0 saturated carbocycles. The maximum atomic E-state index is 13.2. The van der Waals surface area contributed by atoms with E-state index >= 15 is 0 Å². The van der Waals surface area contributed by atoms with Crippen LogP contribution in [-0.2, 0) is 13.2 Å². The second-order valence-electron chi connectivity index (χ2n) is 4.57. The van der Waals surface area contributed by atoms with Gasteiger partial charge in [0, 0.05) is 18.7 Å². The van der Waals surface area contributed by atoms with Crippen molar-refractivity contribution >= 4 is 5.96 Å². The van der Waals surface area contributed by atoms with Gasteiger partial charge in [-0.15, -0.1) is 0 Å². The SMILES string of the molecule is CCNC(=NCc1ccc(F)c(CO)c1)NCCC(F)(F)F. The largest absolute Gasteiger partial charge is 0.392 e. The summed E-state index contributed by atoms with van der Waals surface area (Å²) in [4.78, 5) is 4.13. The van der Waals surface area contributed by atoms with Gasteiger partial charge in [-0.2, -0.15) is 13.2 Å². The first kappa shape index (κ1) is 18.2. The van der Waals surface area contributed by atoms with Crippen LogP contribution in [0.15, 0.2) is 23.2 Å². The van der Waals surface area contributed by atoms with E-state index in [-0.39, 0.29) is 24.6 Å². The van der Waals surface area contributed by atoms with Crippen LogP contribution >= 0.6 is 0 Å². The molecular formula is C14H19F4N3O. The summed E-state index contributed by atoms with van der Waals surface area (Å²) in [6, 6.07) is 4.20. The van der Waals surface area contributed by atoms with Gasteiger partial charge in [0.25, 0.3) is 0 Å². The summed E-state index contributed by atoms with van der Waals surface area (Å²) in [7, 11) is 0. The lowest BCUT2D eigenvalue weighted by atomic mass is 10.1. The molecule has 22 heavy (non-hydrogen) atoms. The number of benzene rings is 1. The number of aliphatic hydroxyl groups is 1. The molecule has 3 N–H and O–H groups in total. The summed E-state index contributed by atoms with van der Waals surface area (Å²) in [5.41, 5.74) is 0.807. The van der Waals surface area contributed by atoms with Crippen LogP contribution in [0.2, 0.25) is 0 Å². The van der Waals surface area contributed by atoms with Crippen molar-refractivity contribution in [2.24, 2.45) is 4.99 Å². The second kappa shape index (κ2) is 8.57. The van der Waals surface area contributed by atoms with Crippen molar-refractivity contribution in [2.75, 3.05) is 13.1 Å². The van der Waals surface area contributed by atoms with Gasteiger partial charge in [0.15, 0.2) is 5.96 Å². The fourth-order valence-corrected chi connectivity index (χ4v) is 1.68. The molecule has 4 nitrogen and oxygen atoms in total. The highest BCUT2D eigenvalue weighted by Gasteiger charge is 2.26. The molecule has 0 amide bonds. The van der Waals surface area contributed by atoms with Crippen LogP contribution in [-0.4, -0.2) is 30.3 Å². The molecule has 0 atom stereocenters. The van der Waals surface area contributed by atoms with Gasteiger partial charge in [-0.3, -0.25) is 0 Å². The maximum Gasteiger partial charge on any atom is 0.390 e. The predicted molar refractivity (Wildman–Crippen MR) is 75.8 cm³/mol. The number of hydrogen-bond acceptors (Lipinski definition) is 2. The summed E-state index contributed by atoms with van der Waals surface area (Å²) in [5, 5.41) is 14.4. The Labute approximate surface area is 126 Å². The predicted octanol–water partition coefficient (Wildman–Crippen LogP) is 2.33. The highest BCUT2D eigenvalue weighted by molar-refractivity contribution is 5.79. The van der Waals surface area contributed by atoms with E-state index in [1.807, 2.05) is 0 Å². The minimum atomic E-state index is -4.22. The lowest BCUT2D eigenvalue weighted by Gasteiger charge is -2.12. The Morgan fingerprint density at radius 1 is 1.27 bits per heavy atom. The Kier molecular flexibility index (Phi) is 7.10. The number of hydrogen-bond donors (Lipinski definition) is 3. The maximum absolute atomic E-state index is 13.2. The molecule has 0 spiro atoms. The zero-order valence-corrected chi connectivity index (χ0v) is 12.2. The second-order valence-corrected chi connectivity index (χ2v) is 4.57. The molecule has 0 bridgehead atoms. The van der Waals surface area contributed by atoms with Gasteiger partial charge in [0.05, 0.1) is 19.6 Å². The van der Waals surface area contributed by atoms with Crippen LogP contribution < -0.4 is 10.6 Å². The first-order valence-corrected chi connectivity index (χ1v) is 6.82. The van der Waals surface area contributed by atoms with E-state index in [2.05, 4.69) is 15.6 Å². The molecule has 0 aliphatic heterocycles. The number of alkyl halides is 3. The van der Waals surface area contributed by atoms with Crippen molar-refractivity contribution < 1.29 is 22.7 Å². The third-order valence-electron chi connectivity index (χ3n) is 2.75. The topological polar surface area (TPSA) is 56.7 Å². The number of aliphatic imine (C=N–C) groups is 1. The molecule has 0 unspecified atom stereocenters. The van der Waals surface area contributed by atoms with Gasteiger partial charge >= 0.3 is 6.18 Å². The molecule has 0 radical (unpaired) electrons. The van der Waals surface area contributed by atoms with Gasteiger partial charge in [0.1, 0.15) is 5.82 Å². The molecule has 0 heterocycles. The molecule has 0 aliphatic carbocycles. The highest BCUT2D eigenvalue weighted by Crippen LogP contribution is 2.18. The zero-order chi connectivity index (χ0) is 16.6. The van der Waals surface area contributed by atoms with Crippen molar-refractivity contribution in [3.05, 3.63) is 35.1 Å². The van der Waals surface area contributed by atoms with Gasteiger partial charge in [-0.25, -0.2) is 9.38 Å². The monoisotopic (exact) mass is 321 g/mol. The Hall–Kier alpha value is -1.83. The normalized spacial score (nSPS) is 12.4. The molecular weight excluding hydrogens is 302 g/mol. The van der Waals surface area contributed by atoms with E-state index in [4.69, 9.17) is 5.11 Å². The number of nitrogens with zero attached hydrogens (tertiary/aromatic N) is 1. The Bertz CT molecular complexity index is 503. The van der Waals surface area contributed by atoms with Crippen molar-refractivity contribution in [1.82, 2.24) is 10.6 Å². The van der Waals surface area contributed by atoms with Crippen LogP contribution in [0.25, 0.3) is 0 Å². The molecule has 8 heteroatoms. The fraction of sp³-hybridized carbons (Fsp3) is 0.500. The number of aliphatic hydroxyl groups excluding tert-OH is 1. The molecule has 0 fully saturated rings. The highest BCUT2D eigenvalue weighted by atomic mass is 19.4. The number of nitrogens with one attached hydrogen (secondary N) is 2. The van der Waals surface area contributed by atoms with Gasteiger partial charge in [-0.05, 0) is 24.6 Å². The Morgan fingerprint density at radius 3 is 2.59 bits per heavy atom. The average molecular weight is 321 g/mol. The minimum Gasteiger partial charge on any atom is -0.392 e. The molecule has 0 saturated heterocycles. The number of halogens is 4. The summed E-state index contributed by atoms with van der Waals surface area (Å²) < 4.78 is 49.6. The third-order valence-corrected chi connectivity index (χ3v) is 2.75. The molecule has 0 aliphatic rings. The fourth-order valence-electron chi connectivity index (χ4n) is 1.68. The molecule has 0 aromatic heterocycles.